The van der Waals surface area contributed by atoms with Crippen LogP contribution in [-0.4, -0.2) is 12.4 Å². The molecule has 128 valence electrons. The van der Waals surface area contributed by atoms with Gasteiger partial charge in [-0.25, -0.2) is 0 Å². The van der Waals surface area contributed by atoms with Crippen LogP contribution in [0.25, 0.3) is 11.1 Å². The lowest BCUT2D eigenvalue weighted by Crippen LogP contribution is -2.19. The topological polar surface area (TPSA) is 26.3 Å². The van der Waals surface area contributed by atoms with E-state index < -0.39 is 0 Å². The molecule has 0 spiro atoms. The first-order chi connectivity index (χ1) is 11.4. The van der Waals surface area contributed by atoms with Gasteiger partial charge in [-0.3, -0.25) is 4.79 Å². The molecule has 0 aliphatic rings. The molecular weight excluding hydrogens is 296 g/mol. The summed E-state index contributed by atoms with van der Waals surface area (Å²) in [7, 11) is 0. The zero-order chi connectivity index (χ0) is 17.6. The summed E-state index contributed by atoms with van der Waals surface area (Å²) in [5, 5.41) is 0. The van der Waals surface area contributed by atoms with Crippen molar-refractivity contribution < 1.29 is 9.53 Å². The lowest BCUT2D eigenvalue weighted by molar-refractivity contribution is 0.0858. The van der Waals surface area contributed by atoms with Crippen molar-refractivity contribution in [2.24, 2.45) is 5.41 Å². The van der Waals surface area contributed by atoms with Crippen molar-refractivity contribution in [2.45, 2.75) is 47.0 Å². The lowest BCUT2D eigenvalue weighted by Gasteiger charge is -2.16. The second-order valence-corrected chi connectivity index (χ2v) is 7.24. The first-order valence-corrected chi connectivity index (χ1v) is 8.80. The maximum Gasteiger partial charge on any atom is 0.168 e. The van der Waals surface area contributed by atoms with Crippen molar-refractivity contribution >= 4 is 5.78 Å². The van der Waals surface area contributed by atoms with Gasteiger partial charge in [0.2, 0.25) is 0 Å². The predicted molar refractivity (Wildman–Crippen MR) is 101 cm³/mol. The van der Waals surface area contributed by atoms with Crippen molar-refractivity contribution in [1.29, 1.82) is 0 Å². The summed E-state index contributed by atoms with van der Waals surface area (Å²) < 4.78 is 5.74. The van der Waals surface area contributed by atoms with Crippen molar-refractivity contribution in [1.82, 2.24) is 0 Å². The highest BCUT2D eigenvalue weighted by Crippen LogP contribution is 2.25. The quantitative estimate of drug-likeness (QED) is 0.451. The van der Waals surface area contributed by atoms with Gasteiger partial charge in [-0.05, 0) is 29.7 Å². The van der Waals surface area contributed by atoms with E-state index >= 15 is 0 Å². The molecule has 0 aliphatic heterocycles. The van der Waals surface area contributed by atoms with Crippen molar-refractivity contribution in [3.05, 3.63) is 54.1 Å². The van der Waals surface area contributed by atoms with E-state index in [9.17, 15) is 4.79 Å². The van der Waals surface area contributed by atoms with Crippen LogP contribution >= 0.6 is 0 Å². The molecule has 2 nitrogen and oxygen atoms in total. The van der Waals surface area contributed by atoms with Gasteiger partial charge in [-0.2, -0.15) is 0 Å². The van der Waals surface area contributed by atoms with E-state index in [0.717, 1.165) is 35.5 Å². The molecule has 2 aromatic rings. The van der Waals surface area contributed by atoms with Gasteiger partial charge in [0.25, 0.3) is 0 Å². The van der Waals surface area contributed by atoms with Crippen LogP contribution in [0.15, 0.2) is 48.5 Å². The van der Waals surface area contributed by atoms with Crippen LogP contribution in [-0.2, 0) is 0 Å². The van der Waals surface area contributed by atoms with Crippen LogP contribution in [0.5, 0.6) is 5.75 Å². The summed E-state index contributed by atoms with van der Waals surface area (Å²) in [5.41, 5.74) is 2.66. The van der Waals surface area contributed by atoms with Gasteiger partial charge < -0.3 is 4.74 Å². The highest BCUT2D eigenvalue weighted by Gasteiger charge is 2.22. The minimum Gasteiger partial charge on any atom is -0.494 e. The maximum absolute atomic E-state index is 12.3. The summed E-state index contributed by atoms with van der Waals surface area (Å²) in [6.07, 6.45) is 3.51. The molecule has 0 amide bonds. The van der Waals surface area contributed by atoms with Gasteiger partial charge in [-0.1, -0.05) is 76.9 Å². The van der Waals surface area contributed by atoms with Gasteiger partial charge in [0, 0.05) is 11.0 Å². The number of hydrogen-bond donors (Lipinski definition) is 0. The van der Waals surface area contributed by atoms with Crippen LogP contribution in [0.2, 0.25) is 0 Å². The Kier molecular flexibility index (Phi) is 6.19. The fourth-order valence-electron chi connectivity index (χ4n) is 2.53. The Balaban J connectivity index is 2.03. The first kappa shape index (κ1) is 18.3. The minimum absolute atomic E-state index is 0.171. The number of carbonyl (C=O) groups is 1. The minimum atomic E-state index is -0.349. The molecule has 24 heavy (non-hydrogen) atoms. The highest BCUT2D eigenvalue weighted by atomic mass is 16.5. The molecule has 0 bridgehead atoms. The zero-order valence-electron chi connectivity index (χ0n) is 15.3. The summed E-state index contributed by atoms with van der Waals surface area (Å²) in [4.78, 5) is 12.3. The number of hydrogen-bond acceptors (Lipinski definition) is 2. The molecule has 0 unspecified atom stereocenters. The Labute approximate surface area is 145 Å². The Morgan fingerprint density at radius 1 is 0.875 bits per heavy atom. The molecule has 0 radical (unpaired) electrons. The molecule has 0 heterocycles. The SMILES string of the molecule is CCCCCOc1ccc(-c2ccc(C(=O)C(C)(C)C)cc2)cc1. The number of benzene rings is 2. The van der Waals surface area contributed by atoms with E-state index in [4.69, 9.17) is 4.74 Å². The van der Waals surface area contributed by atoms with E-state index in [-0.39, 0.29) is 11.2 Å². The third-order valence-electron chi connectivity index (χ3n) is 4.03. The molecule has 2 heteroatoms. The van der Waals surface area contributed by atoms with Gasteiger partial charge in [0.1, 0.15) is 5.75 Å². The molecule has 0 saturated heterocycles. The number of Topliss-reactive ketones (excluding diaryl/α,β-unsaturated/α-hetero) is 1. The van der Waals surface area contributed by atoms with E-state index in [1.165, 1.54) is 12.8 Å². The van der Waals surface area contributed by atoms with Gasteiger partial charge in [-0.15, -0.1) is 0 Å². The Morgan fingerprint density at radius 2 is 1.42 bits per heavy atom. The zero-order valence-corrected chi connectivity index (χ0v) is 15.3. The standard InChI is InChI=1S/C22H28O2/c1-5-6-7-16-24-20-14-12-18(13-15-20)17-8-10-19(11-9-17)21(23)22(2,3)4/h8-15H,5-7,16H2,1-4H3. The fourth-order valence-corrected chi connectivity index (χ4v) is 2.53. The monoisotopic (exact) mass is 324 g/mol. The van der Waals surface area contributed by atoms with E-state index in [2.05, 4.69) is 19.1 Å². The number of rotatable bonds is 7. The largest absolute Gasteiger partial charge is 0.494 e. The molecule has 0 aliphatic carbocycles. The normalized spacial score (nSPS) is 11.3. The molecule has 0 saturated carbocycles. The van der Waals surface area contributed by atoms with E-state index in [1.807, 2.05) is 57.2 Å². The third-order valence-corrected chi connectivity index (χ3v) is 4.03. The van der Waals surface area contributed by atoms with Crippen LogP contribution in [0.1, 0.15) is 57.3 Å². The summed E-state index contributed by atoms with van der Waals surface area (Å²) in [6, 6.07) is 16.0. The van der Waals surface area contributed by atoms with Crippen LogP contribution < -0.4 is 4.74 Å². The second kappa shape index (κ2) is 8.14. The van der Waals surface area contributed by atoms with Gasteiger partial charge in [0.05, 0.1) is 6.61 Å². The molecular formula is C22H28O2. The third kappa shape index (κ3) is 4.95. The van der Waals surface area contributed by atoms with Crippen LogP contribution in [0.4, 0.5) is 0 Å². The lowest BCUT2D eigenvalue weighted by atomic mass is 9.86. The number of carbonyl (C=O) groups excluding carboxylic acids is 1. The predicted octanol–water partition coefficient (Wildman–Crippen LogP) is 6.15. The van der Waals surface area contributed by atoms with Crippen LogP contribution in [0.3, 0.4) is 0 Å². The fraction of sp³-hybridized carbons (Fsp3) is 0.409. The van der Waals surface area contributed by atoms with Gasteiger partial charge >= 0.3 is 0 Å². The Morgan fingerprint density at radius 3 is 1.92 bits per heavy atom. The molecule has 0 aromatic heterocycles. The average molecular weight is 324 g/mol. The Hall–Kier alpha value is -2.09. The smallest absolute Gasteiger partial charge is 0.168 e. The van der Waals surface area contributed by atoms with Crippen molar-refractivity contribution in [2.75, 3.05) is 6.61 Å². The molecule has 0 atom stereocenters. The van der Waals surface area contributed by atoms with Gasteiger partial charge in [0.15, 0.2) is 5.78 Å². The van der Waals surface area contributed by atoms with Crippen LogP contribution in [0, 0.1) is 5.41 Å². The summed E-state index contributed by atoms with van der Waals surface area (Å²) in [6.45, 7) is 8.80. The highest BCUT2D eigenvalue weighted by molar-refractivity contribution is 6.00. The number of ketones is 1. The van der Waals surface area contributed by atoms with E-state index in [1.54, 1.807) is 0 Å². The second-order valence-electron chi connectivity index (χ2n) is 7.24. The average Bonchev–Trinajstić information content (AvgIpc) is 2.58. The molecule has 2 aromatic carbocycles. The number of ether oxygens (including phenoxy) is 1. The number of unbranched alkanes of at least 4 members (excludes halogenated alkanes) is 2. The molecule has 0 N–H and O–H groups in total. The summed E-state index contributed by atoms with van der Waals surface area (Å²) >= 11 is 0. The molecule has 2 rings (SSSR count). The first-order valence-electron chi connectivity index (χ1n) is 8.80. The maximum atomic E-state index is 12.3. The van der Waals surface area contributed by atoms with Crippen molar-refractivity contribution in [3.63, 3.8) is 0 Å². The Bertz CT molecular complexity index is 646. The van der Waals surface area contributed by atoms with E-state index in [0.29, 0.717) is 0 Å². The van der Waals surface area contributed by atoms with Crippen molar-refractivity contribution in [3.8, 4) is 16.9 Å². The molecule has 0 fully saturated rings. The summed E-state index contributed by atoms with van der Waals surface area (Å²) in [5.74, 6) is 1.08.